The van der Waals surface area contributed by atoms with E-state index < -0.39 is 5.82 Å². The van der Waals surface area contributed by atoms with Crippen molar-refractivity contribution < 1.29 is 8.78 Å². The zero-order valence-electron chi connectivity index (χ0n) is 18.6. The van der Waals surface area contributed by atoms with Crippen LogP contribution < -0.4 is 5.32 Å². The molecule has 7 heteroatoms. The fourth-order valence-corrected chi connectivity index (χ4v) is 4.93. The van der Waals surface area contributed by atoms with Gasteiger partial charge in [0, 0.05) is 37.3 Å². The molecular weight excluding hydrogens is 408 g/mol. The molecular formula is C25H29F2N5. The summed E-state index contributed by atoms with van der Waals surface area (Å²) in [5.74, 6) is 1.84. The highest BCUT2D eigenvalue weighted by Crippen LogP contribution is 2.47. The summed E-state index contributed by atoms with van der Waals surface area (Å²) >= 11 is 0. The maximum atomic E-state index is 14.1. The third kappa shape index (κ3) is 3.58. The fraction of sp³-hybridized carbons (Fsp3) is 0.440. The number of likely N-dealkylation sites (tertiary alicyclic amines) is 1. The Kier molecular flexibility index (Phi) is 5.45. The van der Waals surface area contributed by atoms with Crippen LogP contribution in [0.3, 0.4) is 0 Å². The number of benzene rings is 1. The molecule has 1 aromatic carbocycles. The molecule has 2 aromatic heterocycles. The van der Waals surface area contributed by atoms with Crippen molar-refractivity contribution in [3.8, 4) is 5.82 Å². The Balaban J connectivity index is 0.00000105. The standard InChI is InChI=1S/C23H23F2N5.C2H6/c24-17-5-6-18(25)16(12-17)14-29-10-7-23(8-11-29)20-13-27-21(15-3-4-15)30(20)22-19(28-23)2-1-9-26-22;1-2/h1-2,5-6,9,12-13,15,28H,3-4,7-8,10-11,14H2;1-2H3. The van der Waals surface area contributed by atoms with Crippen LogP contribution in [-0.2, 0) is 12.1 Å². The van der Waals surface area contributed by atoms with Crippen LogP contribution in [0, 0.1) is 11.6 Å². The Morgan fingerprint density at radius 1 is 1.09 bits per heavy atom. The van der Waals surface area contributed by atoms with Crippen molar-refractivity contribution in [2.24, 2.45) is 0 Å². The van der Waals surface area contributed by atoms with Crippen molar-refractivity contribution in [3.05, 3.63) is 71.4 Å². The second-order valence-electron chi connectivity index (χ2n) is 8.70. The quantitative estimate of drug-likeness (QED) is 0.599. The molecule has 2 aliphatic heterocycles. The number of imidazole rings is 1. The summed E-state index contributed by atoms with van der Waals surface area (Å²) < 4.78 is 29.9. The third-order valence-electron chi connectivity index (χ3n) is 6.71. The molecule has 3 aliphatic rings. The van der Waals surface area contributed by atoms with Crippen molar-refractivity contribution in [3.63, 3.8) is 0 Å². The van der Waals surface area contributed by atoms with E-state index in [0.29, 0.717) is 18.0 Å². The Hall–Kier alpha value is -2.80. The van der Waals surface area contributed by atoms with E-state index in [4.69, 9.17) is 4.98 Å². The molecule has 1 saturated heterocycles. The second-order valence-corrected chi connectivity index (χ2v) is 8.70. The first kappa shape index (κ1) is 21.1. The number of pyridine rings is 1. The number of fused-ring (bicyclic) bond motifs is 4. The van der Waals surface area contributed by atoms with Gasteiger partial charge in [-0.3, -0.25) is 9.47 Å². The van der Waals surface area contributed by atoms with E-state index in [0.717, 1.165) is 43.3 Å². The first-order chi connectivity index (χ1) is 15.6. The molecule has 6 rings (SSSR count). The van der Waals surface area contributed by atoms with Gasteiger partial charge in [-0.15, -0.1) is 0 Å². The van der Waals surface area contributed by atoms with E-state index in [2.05, 4.69) is 25.8 Å². The first-order valence-electron chi connectivity index (χ1n) is 11.6. The highest BCUT2D eigenvalue weighted by molar-refractivity contribution is 5.64. The van der Waals surface area contributed by atoms with Crippen LogP contribution in [0.1, 0.15) is 62.5 Å². The van der Waals surface area contributed by atoms with Gasteiger partial charge in [0.15, 0.2) is 5.82 Å². The number of nitrogens with one attached hydrogen (secondary N) is 1. The molecule has 0 bridgehead atoms. The molecule has 5 nitrogen and oxygen atoms in total. The van der Waals surface area contributed by atoms with Crippen LogP contribution in [0.4, 0.5) is 14.5 Å². The Morgan fingerprint density at radius 2 is 1.88 bits per heavy atom. The molecule has 0 atom stereocenters. The number of nitrogens with zero attached hydrogens (tertiary/aromatic N) is 4. The number of piperidine rings is 1. The van der Waals surface area contributed by atoms with Crippen LogP contribution in [0.15, 0.2) is 42.7 Å². The molecule has 32 heavy (non-hydrogen) atoms. The number of hydrogen-bond acceptors (Lipinski definition) is 4. The molecule has 0 amide bonds. The molecule has 1 spiro atoms. The average Bonchev–Trinajstić information content (AvgIpc) is 3.57. The van der Waals surface area contributed by atoms with Gasteiger partial charge >= 0.3 is 0 Å². The van der Waals surface area contributed by atoms with Crippen molar-refractivity contribution in [2.75, 3.05) is 18.4 Å². The summed E-state index contributed by atoms with van der Waals surface area (Å²) in [6, 6.07) is 7.72. The maximum Gasteiger partial charge on any atom is 0.161 e. The Labute approximate surface area is 187 Å². The number of hydrogen-bond donors (Lipinski definition) is 1. The summed E-state index contributed by atoms with van der Waals surface area (Å²) in [5.41, 5.74) is 2.41. The van der Waals surface area contributed by atoms with E-state index in [1.807, 2.05) is 32.3 Å². The van der Waals surface area contributed by atoms with Crippen molar-refractivity contribution >= 4 is 5.69 Å². The van der Waals surface area contributed by atoms with Gasteiger partial charge in [-0.05, 0) is 56.0 Å². The van der Waals surface area contributed by atoms with Crippen LogP contribution >= 0.6 is 0 Å². The first-order valence-corrected chi connectivity index (χ1v) is 11.6. The molecule has 2 fully saturated rings. The maximum absolute atomic E-state index is 14.1. The minimum atomic E-state index is -0.394. The lowest BCUT2D eigenvalue weighted by Gasteiger charge is -2.45. The van der Waals surface area contributed by atoms with E-state index in [9.17, 15) is 8.78 Å². The van der Waals surface area contributed by atoms with E-state index >= 15 is 0 Å². The Morgan fingerprint density at radius 3 is 2.62 bits per heavy atom. The topological polar surface area (TPSA) is 46.0 Å². The van der Waals surface area contributed by atoms with Gasteiger partial charge in [-0.2, -0.15) is 0 Å². The van der Waals surface area contributed by atoms with Gasteiger partial charge in [-0.1, -0.05) is 13.8 Å². The highest BCUT2D eigenvalue weighted by atomic mass is 19.1. The molecule has 0 unspecified atom stereocenters. The summed E-state index contributed by atoms with van der Waals surface area (Å²) in [5, 5.41) is 3.76. The van der Waals surface area contributed by atoms with Gasteiger partial charge in [0.2, 0.25) is 0 Å². The van der Waals surface area contributed by atoms with Gasteiger partial charge in [-0.25, -0.2) is 18.7 Å². The van der Waals surface area contributed by atoms with E-state index in [-0.39, 0.29) is 11.4 Å². The predicted molar refractivity (Wildman–Crippen MR) is 121 cm³/mol. The highest BCUT2D eigenvalue weighted by Gasteiger charge is 2.44. The zero-order chi connectivity index (χ0) is 22.3. The second kappa shape index (κ2) is 8.28. The summed E-state index contributed by atoms with van der Waals surface area (Å²) in [4.78, 5) is 11.6. The van der Waals surface area contributed by atoms with Crippen LogP contribution in [0.2, 0.25) is 0 Å². The lowest BCUT2D eigenvalue weighted by Crippen LogP contribution is -2.49. The summed E-state index contributed by atoms with van der Waals surface area (Å²) in [6.45, 7) is 6.01. The van der Waals surface area contributed by atoms with Crippen LogP contribution in [0.25, 0.3) is 5.82 Å². The van der Waals surface area contributed by atoms with Crippen molar-refractivity contribution in [2.45, 2.75) is 57.5 Å². The van der Waals surface area contributed by atoms with Gasteiger partial charge in [0.05, 0.1) is 23.1 Å². The van der Waals surface area contributed by atoms with Gasteiger partial charge < -0.3 is 5.32 Å². The zero-order valence-corrected chi connectivity index (χ0v) is 18.6. The molecule has 0 radical (unpaired) electrons. The Bertz CT molecular complexity index is 1110. The normalized spacial score (nSPS) is 18.9. The van der Waals surface area contributed by atoms with Crippen molar-refractivity contribution in [1.82, 2.24) is 19.4 Å². The monoisotopic (exact) mass is 437 g/mol. The van der Waals surface area contributed by atoms with Gasteiger partial charge in [0.1, 0.15) is 17.5 Å². The molecule has 1 aliphatic carbocycles. The SMILES string of the molecule is CC.Fc1ccc(F)c(CN2CCC3(CC2)Nc2cccnc2-n2c3cnc2C2CC2)c1. The minimum Gasteiger partial charge on any atom is -0.371 e. The molecule has 4 heterocycles. The largest absolute Gasteiger partial charge is 0.371 e. The van der Waals surface area contributed by atoms with E-state index in [1.54, 1.807) is 0 Å². The molecule has 3 aromatic rings. The molecule has 168 valence electrons. The smallest absolute Gasteiger partial charge is 0.161 e. The summed E-state index contributed by atoms with van der Waals surface area (Å²) in [6.07, 6.45) is 7.95. The predicted octanol–water partition coefficient (Wildman–Crippen LogP) is 5.37. The lowest BCUT2D eigenvalue weighted by atomic mass is 9.82. The molecule has 1 N–H and O–H groups in total. The average molecular weight is 438 g/mol. The number of anilines is 1. The van der Waals surface area contributed by atoms with E-state index in [1.165, 1.54) is 36.7 Å². The lowest BCUT2D eigenvalue weighted by molar-refractivity contribution is 0.160. The fourth-order valence-electron chi connectivity index (χ4n) is 4.93. The van der Waals surface area contributed by atoms with Crippen LogP contribution in [0.5, 0.6) is 0 Å². The van der Waals surface area contributed by atoms with Gasteiger partial charge in [0.25, 0.3) is 0 Å². The number of halogens is 2. The number of rotatable bonds is 3. The van der Waals surface area contributed by atoms with Crippen molar-refractivity contribution in [1.29, 1.82) is 0 Å². The number of aromatic nitrogens is 3. The third-order valence-corrected chi connectivity index (χ3v) is 6.71. The minimum absolute atomic E-state index is 0.215. The van der Waals surface area contributed by atoms with Crippen LogP contribution in [-0.4, -0.2) is 32.5 Å². The summed E-state index contributed by atoms with van der Waals surface area (Å²) in [7, 11) is 0. The molecule has 1 saturated carbocycles.